The van der Waals surface area contributed by atoms with E-state index in [2.05, 4.69) is 4.52 Å². The lowest BCUT2D eigenvalue weighted by Crippen LogP contribution is -2.22. The predicted molar refractivity (Wildman–Crippen MR) is 65.5 cm³/mol. The van der Waals surface area contributed by atoms with Crippen LogP contribution in [-0.2, 0) is 23.4 Å². The maximum Gasteiger partial charge on any atom is 0.377 e. The molecule has 1 aromatic carbocycles. The fraction of sp³-hybridized carbons (Fsp3) is 0.400. The minimum Gasteiger partial charge on any atom is -0.314 e. The largest absolute Gasteiger partial charge is 0.377 e. The van der Waals surface area contributed by atoms with Crippen LogP contribution in [0.5, 0.6) is 0 Å². The molecule has 1 radical (unpaired) electrons. The van der Waals surface area contributed by atoms with Gasteiger partial charge in [0.2, 0.25) is 0 Å². The third-order valence-electron chi connectivity index (χ3n) is 2.44. The van der Waals surface area contributed by atoms with E-state index in [1.54, 1.807) is 18.2 Å². The second kappa shape index (κ2) is 5.21. The van der Waals surface area contributed by atoms with Crippen LogP contribution in [-0.4, -0.2) is 38.9 Å². The topological polar surface area (TPSA) is 82.1 Å². The quantitative estimate of drug-likeness (QED) is 0.840. The minimum atomic E-state index is -3.46. The average Bonchev–Trinajstić information content (AvgIpc) is 2.72. The van der Waals surface area contributed by atoms with Gasteiger partial charge in [-0.1, -0.05) is 18.2 Å². The fourth-order valence-electron chi connectivity index (χ4n) is 1.57. The first-order valence-corrected chi connectivity index (χ1v) is 8.38. The van der Waals surface area contributed by atoms with Crippen LogP contribution in [0.15, 0.2) is 35.2 Å². The summed E-state index contributed by atoms with van der Waals surface area (Å²) in [5.74, 6) is -0.247. The Balaban J connectivity index is 2.07. The molecule has 0 bridgehead atoms. The monoisotopic (exact) mass is 293 g/mol. The highest BCUT2D eigenvalue weighted by molar-refractivity contribution is 7.91. The summed E-state index contributed by atoms with van der Waals surface area (Å²) in [4.78, 5) is 9.81. The van der Waals surface area contributed by atoms with Crippen molar-refractivity contribution < 1.29 is 26.9 Å². The summed E-state index contributed by atoms with van der Waals surface area (Å²) in [6.45, 7) is 0.00415. The van der Waals surface area contributed by atoms with Gasteiger partial charge in [-0.05, 0) is 12.1 Å². The standard InChI is InChI=1S/C10H14O6PS/c1-14-17(11)15-7-9(16-17)8-18(12,13)10-5-3-2-4-6-10/h2-6,9,11H,7-8H2,1H3. The lowest BCUT2D eigenvalue weighted by atomic mass is 10.4. The highest BCUT2D eigenvalue weighted by Crippen LogP contribution is 2.62. The van der Waals surface area contributed by atoms with E-state index in [0.29, 0.717) is 0 Å². The van der Waals surface area contributed by atoms with Crippen molar-refractivity contribution in [3.63, 3.8) is 0 Å². The van der Waals surface area contributed by atoms with Crippen LogP contribution >= 0.6 is 8.17 Å². The van der Waals surface area contributed by atoms with Gasteiger partial charge in [-0.15, -0.1) is 0 Å². The molecule has 1 aromatic rings. The summed E-state index contributed by atoms with van der Waals surface area (Å²) < 4.78 is 38.8. The molecule has 2 unspecified atom stereocenters. The maximum atomic E-state index is 12.0. The van der Waals surface area contributed by atoms with Crippen molar-refractivity contribution in [2.45, 2.75) is 11.0 Å². The first kappa shape index (κ1) is 13.9. The molecule has 1 N–H and O–H groups in total. The van der Waals surface area contributed by atoms with Gasteiger partial charge in [0, 0.05) is 7.11 Å². The summed E-state index contributed by atoms with van der Waals surface area (Å²) in [6, 6.07) is 8.07. The number of benzene rings is 1. The Morgan fingerprint density at radius 3 is 2.67 bits per heavy atom. The molecule has 18 heavy (non-hydrogen) atoms. The lowest BCUT2D eigenvalue weighted by molar-refractivity contribution is 0.172. The van der Waals surface area contributed by atoms with Gasteiger partial charge in [-0.2, -0.15) is 0 Å². The molecule has 1 fully saturated rings. The summed E-state index contributed by atoms with van der Waals surface area (Å²) in [5.41, 5.74) is 0. The van der Waals surface area contributed by atoms with Crippen LogP contribution < -0.4 is 0 Å². The van der Waals surface area contributed by atoms with E-state index in [0.717, 1.165) is 0 Å². The fourth-order valence-corrected chi connectivity index (χ4v) is 4.21. The molecular weight excluding hydrogens is 279 g/mol. The maximum absolute atomic E-state index is 12.0. The molecule has 101 valence electrons. The van der Waals surface area contributed by atoms with Gasteiger partial charge >= 0.3 is 8.17 Å². The summed E-state index contributed by atoms with van der Waals surface area (Å²) in [6.07, 6.45) is -0.714. The average molecular weight is 293 g/mol. The molecule has 2 atom stereocenters. The second-order valence-electron chi connectivity index (χ2n) is 3.77. The molecule has 0 aliphatic carbocycles. The predicted octanol–water partition coefficient (Wildman–Crippen LogP) is 1.19. The summed E-state index contributed by atoms with van der Waals surface area (Å²) >= 11 is 0. The highest BCUT2D eigenvalue weighted by Gasteiger charge is 2.41. The Morgan fingerprint density at radius 2 is 2.11 bits per heavy atom. The number of hydrogen-bond acceptors (Lipinski definition) is 6. The number of sulfone groups is 1. The summed E-state index contributed by atoms with van der Waals surface area (Å²) in [5, 5.41) is 0. The van der Waals surface area contributed by atoms with E-state index in [1.165, 1.54) is 19.2 Å². The van der Waals surface area contributed by atoms with E-state index in [4.69, 9.17) is 9.05 Å². The molecule has 0 amide bonds. The van der Waals surface area contributed by atoms with Crippen molar-refractivity contribution >= 4 is 18.0 Å². The van der Waals surface area contributed by atoms with Gasteiger partial charge in [0.05, 0.1) is 17.3 Å². The smallest absolute Gasteiger partial charge is 0.314 e. The number of rotatable bonds is 4. The van der Waals surface area contributed by atoms with Crippen LogP contribution in [0.25, 0.3) is 0 Å². The molecular formula is C10H14O6PS. The first-order chi connectivity index (χ1) is 8.45. The zero-order valence-corrected chi connectivity index (χ0v) is 11.4. The Kier molecular flexibility index (Phi) is 4.01. The first-order valence-electron chi connectivity index (χ1n) is 5.23. The van der Waals surface area contributed by atoms with Crippen LogP contribution in [0.2, 0.25) is 0 Å². The van der Waals surface area contributed by atoms with Crippen molar-refractivity contribution in [3.05, 3.63) is 30.3 Å². The third-order valence-corrected chi connectivity index (χ3v) is 5.75. The van der Waals surface area contributed by atoms with Crippen LogP contribution in [0.4, 0.5) is 0 Å². The van der Waals surface area contributed by atoms with Crippen molar-refractivity contribution in [2.24, 2.45) is 0 Å². The molecule has 1 aliphatic rings. The van der Waals surface area contributed by atoms with Crippen molar-refractivity contribution in [1.82, 2.24) is 0 Å². The Morgan fingerprint density at radius 1 is 1.44 bits per heavy atom. The van der Waals surface area contributed by atoms with Gasteiger partial charge in [-0.25, -0.2) is 8.42 Å². The molecule has 1 saturated heterocycles. The molecule has 8 heteroatoms. The van der Waals surface area contributed by atoms with Crippen LogP contribution in [0.1, 0.15) is 0 Å². The molecule has 1 aliphatic heterocycles. The van der Waals surface area contributed by atoms with E-state index in [-0.39, 0.29) is 17.3 Å². The van der Waals surface area contributed by atoms with Gasteiger partial charge in [-0.3, -0.25) is 9.05 Å². The van der Waals surface area contributed by atoms with Crippen LogP contribution in [0, 0.1) is 0 Å². The summed E-state index contributed by atoms with van der Waals surface area (Å²) in [7, 11) is -5.50. The minimum absolute atomic E-state index is 0.00415. The van der Waals surface area contributed by atoms with Gasteiger partial charge in [0.25, 0.3) is 0 Å². The second-order valence-corrected chi connectivity index (χ2v) is 7.57. The lowest BCUT2D eigenvalue weighted by Gasteiger charge is -2.18. The van der Waals surface area contributed by atoms with Gasteiger partial charge in [0.15, 0.2) is 9.84 Å². The van der Waals surface area contributed by atoms with E-state index in [9.17, 15) is 13.3 Å². The van der Waals surface area contributed by atoms with Gasteiger partial charge < -0.3 is 9.42 Å². The van der Waals surface area contributed by atoms with Gasteiger partial charge in [0.1, 0.15) is 6.10 Å². The Hall–Kier alpha value is -0.560. The molecule has 1 heterocycles. The Bertz CT molecular complexity index is 504. The molecule has 0 aromatic heterocycles. The number of hydrogen-bond donors (Lipinski definition) is 1. The third kappa shape index (κ3) is 3.06. The normalized spacial score (nSPS) is 28.4. The zero-order valence-electron chi connectivity index (χ0n) is 9.72. The van der Waals surface area contributed by atoms with Crippen LogP contribution in [0.3, 0.4) is 0 Å². The molecule has 2 rings (SSSR count). The van der Waals surface area contributed by atoms with Crippen molar-refractivity contribution in [2.75, 3.05) is 19.5 Å². The van der Waals surface area contributed by atoms with E-state index in [1.807, 2.05) is 0 Å². The van der Waals surface area contributed by atoms with E-state index >= 15 is 0 Å². The van der Waals surface area contributed by atoms with E-state index < -0.39 is 24.1 Å². The Labute approximate surface area is 106 Å². The highest BCUT2D eigenvalue weighted by atomic mass is 32.2. The van der Waals surface area contributed by atoms with Crippen molar-refractivity contribution in [1.29, 1.82) is 0 Å². The molecule has 0 saturated carbocycles. The molecule has 6 nitrogen and oxygen atoms in total. The van der Waals surface area contributed by atoms with Crippen molar-refractivity contribution in [3.8, 4) is 0 Å². The molecule has 0 spiro atoms. The SMILES string of the molecule is CO[P]1(O)OCC(CS(=O)(=O)c2ccccc2)O1. The zero-order chi connectivity index (χ0) is 13.2.